The highest BCUT2D eigenvalue weighted by Gasteiger charge is 2.22. The number of imidazole rings is 1. The predicted molar refractivity (Wildman–Crippen MR) is 162 cm³/mol. The molecule has 0 aliphatic heterocycles. The number of sulfone groups is 1. The van der Waals surface area contributed by atoms with Gasteiger partial charge in [-0.3, -0.25) is 4.79 Å². The smallest absolute Gasteiger partial charge is 0.276 e. The van der Waals surface area contributed by atoms with Crippen LogP contribution in [0.15, 0.2) is 66.0 Å². The van der Waals surface area contributed by atoms with Gasteiger partial charge >= 0.3 is 0 Å². The molecule has 1 N–H and O–H groups in total. The van der Waals surface area contributed by atoms with Crippen LogP contribution in [0.25, 0.3) is 16.9 Å². The Kier molecular flexibility index (Phi) is 9.25. The Morgan fingerprint density at radius 2 is 1.88 bits per heavy atom. The van der Waals surface area contributed by atoms with E-state index in [-0.39, 0.29) is 16.5 Å². The summed E-state index contributed by atoms with van der Waals surface area (Å²) in [7, 11) is -3.49. The van der Waals surface area contributed by atoms with Gasteiger partial charge in [0, 0.05) is 49.2 Å². The summed E-state index contributed by atoms with van der Waals surface area (Å²) in [6, 6.07) is 13.1. The zero-order valence-corrected chi connectivity index (χ0v) is 24.8. The van der Waals surface area contributed by atoms with E-state index in [9.17, 15) is 13.2 Å². The average Bonchev–Trinajstić information content (AvgIpc) is 3.38. The zero-order valence-electron chi connectivity index (χ0n) is 24.0. The summed E-state index contributed by atoms with van der Waals surface area (Å²) in [5.74, 6) is 0.230. The number of carbonyl (C=O) groups excluding carboxylic acids is 1. The first kappa shape index (κ1) is 29.3. The minimum atomic E-state index is -3.49. The normalized spacial score (nSPS) is 12.4. The third-order valence-corrected chi connectivity index (χ3v) is 8.34. The van der Waals surface area contributed by atoms with Gasteiger partial charge in [0.25, 0.3) is 5.91 Å². The second-order valence-corrected chi connectivity index (χ2v) is 12.5. The molecule has 0 radical (unpaired) electrons. The maximum atomic E-state index is 13.5. The number of aryl methyl sites for hydroxylation is 1. The van der Waals surface area contributed by atoms with Gasteiger partial charge in [0.2, 0.25) is 0 Å². The maximum absolute atomic E-state index is 13.5. The van der Waals surface area contributed by atoms with E-state index in [0.29, 0.717) is 23.8 Å². The van der Waals surface area contributed by atoms with Crippen molar-refractivity contribution in [3.05, 3.63) is 72.3 Å². The molecule has 0 saturated heterocycles. The molecule has 212 valence electrons. The summed E-state index contributed by atoms with van der Waals surface area (Å²) in [5, 5.41) is 2.95. The molecule has 0 saturated carbocycles. The van der Waals surface area contributed by atoms with Crippen molar-refractivity contribution in [1.29, 1.82) is 0 Å². The zero-order chi connectivity index (χ0) is 28.9. The van der Waals surface area contributed by atoms with Crippen LogP contribution in [0, 0.1) is 12.8 Å². The number of carbonyl (C=O) groups is 1. The number of anilines is 2. The lowest BCUT2D eigenvalue weighted by atomic mass is 10.0. The molecule has 0 bridgehead atoms. The van der Waals surface area contributed by atoms with Gasteiger partial charge in [0.1, 0.15) is 5.65 Å². The van der Waals surface area contributed by atoms with Crippen LogP contribution in [0.1, 0.15) is 62.5 Å². The number of nitrogens with one attached hydrogen (secondary N) is 1. The first-order valence-corrected chi connectivity index (χ1v) is 15.8. The summed E-state index contributed by atoms with van der Waals surface area (Å²) in [6.07, 6.45) is 10.4. The Morgan fingerprint density at radius 1 is 1.12 bits per heavy atom. The second-order valence-electron chi connectivity index (χ2n) is 10.5. The molecule has 1 aromatic carbocycles. The Bertz CT molecular complexity index is 1580. The van der Waals surface area contributed by atoms with Crippen molar-refractivity contribution in [3.8, 4) is 11.3 Å². The fourth-order valence-electron chi connectivity index (χ4n) is 4.72. The number of rotatable bonds is 12. The standard InChI is InChI=1S/C31H39N5O3S/c1-6-16-35(17-8-10-22(3)7-2)28-19-26(40(5,38)39)20-32-29(28)31(37)33-25-14-12-24(13-15-25)27-21-36-18-9-11-23(4)30(36)34-27/h9,11-15,18-22H,6-8,10,16-17H2,1-5H3,(H,33,37). The quantitative estimate of drug-likeness (QED) is 0.215. The molecule has 1 amide bonds. The number of aromatic nitrogens is 3. The predicted octanol–water partition coefficient (Wildman–Crippen LogP) is 6.40. The van der Waals surface area contributed by atoms with Crippen LogP contribution in [0.5, 0.6) is 0 Å². The molecule has 3 heterocycles. The van der Waals surface area contributed by atoms with Gasteiger partial charge in [-0.15, -0.1) is 0 Å². The van der Waals surface area contributed by atoms with E-state index in [1.54, 1.807) is 6.07 Å². The molecule has 4 rings (SSSR count). The summed E-state index contributed by atoms with van der Waals surface area (Å²) in [4.78, 5) is 24.8. The van der Waals surface area contributed by atoms with Gasteiger partial charge in [-0.05, 0) is 61.9 Å². The Hall–Kier alpha value is -3.72. The molecular weight excluding hydrogens is 522 g/mol. The molecule has 8 nitrogen and oxygen atoms in total. The van der Waals surface area contributed by atoms with Crippen LogP contribution in [-0.2, 0) is 9.84 Å². The van der Waals surface area contributed by atoms with E-state index < -0.39 is 9.84 Å². The van der Waals surface area contributed by atoms with E-state index in [2.05, 4.69) is 36.0 Å². The molecule has 3 aromatic heterocycles. The highest BCUT2D eigenvalue weighted by atomic mass is 32.2. The molecule has 9 heteroatoms. The van der Waals surface area contributed by atoms with Crippen LogP contribution < -0.4 is 10.2 Å². The lowest BCUT2D eigenvalue weighted by Crippen LogP contribution is -2.29. The fraction of sp³-hybridized carbons (Fsp3) is 0.387. The van der Waals surface area contributed by atoms with Crippen LogP contribution >= 0.6 is 0 Å². The van der Waals surface area contributed by atoms with E-state index in [1.807, 2.05) is 60.1 Å². The van der Waals surface area contributed by atoms with Crippen LogP contribution in [-0.4, -0.2) is 48.0 Å². The van der Waals surface area contributed by atoms with Gasteiger partial charge in [-0.2, -0.15) is 0 Å². The molecule has 0 aliphatic rings. The third-order valence-electron chi connectivity index (χ3n) is 7.26. The SMILES string of the molecule is CCCN(CCCC(C)CC)c1cc(S(C)(=O)=O)cnc1C(=O)Nc1ccc(-c2cn3cccc(C)c3n2)cc1. The lowest BCUT2D eigenvalue weighted by molar-refractivity contribution is 0.102. The number of fused-ring (bicyclic) bond motifs is 1. The van der Waals surface area contributed by atoms with E-state index in [0.717, 1.165) is 61.0 Å². The van der Waals surface area contributed by atoms with Gasteiger partial charge in [0.15, 0.2) is 15.5 Å². The van der Waals surface area contributed by atoms with Crippen molar-refractivity contribution in [2.45, 2.75) is 58.3 Å². The first-order valence-electron chi connectivity index (χ1n) is 13.9. The summed E-state index contributed by atoms with van der Waals surface area (Å²) in [5.41, 5.74) is 5.17. The Morgan fingerprint density at radius 3 is 2.52 bits per heavy atom. The van der Waals surface area contributed by atoms with Crippen molar-refractivity contribution in [2.24, 2.45) is 5.92 Å². The fourth-order valence-corrected chi connectivity index (χ4v) is 5.29. The van der Waals surface area contributed by atoms with Gasteiger partial charge in [0.05, 0.1) is 16.3 Å². The monoisotopic (exact) mass is 561 g/mol. The minimum absolute atomic E-state index is 0.106. The molecule has 40 heavy (non-hydrogen) atoms. The Balaban J connectivity index is 1.59. The van der Waals surface area contributed by atoms with Crippen LogP contribution in [0.3, 0.4) is 0 Å². The molecule has 0 fully saturated rings. The molecule has 1 atom stereocenters. The first-order chi connectivity index (χ1) is 19.1. The lowest BCUT2D eigenvalue weighted by Gasteiger charge is -2.27. The average molecular weight is 562 g/mol. The summed E-state index contributed by atoms with van der Waals surface area (Å²) < 4.78 is 26.7. The number of benzene rings is 1. The highest BCUT2D eigenvalue weighted by Crippen LogP contribution is 2.27. The van der Waals surface area contributed by atoms with E-state index in [4.69, 9.17) is 4.98 Å². The number of nitrogens with zero attached hydrogens (tertiary/aromatic N) is 4. The van der Waals surface area contributed by atoms with Gasteiger partial charge in [-0.1, -0.05) is 45.4 Å². The summed E-state index contributed by atoms with van der Waals surface area (Å²) >= 11 is 0. The van der Waals surface area contributed by atoms with Crippen molar-refractivity contribution in [2.75, 3.05) is 29.6 Å². The maximum Gasteiger partial charge on any atom is 0.276 e. The number of hydrogen-bond donors (Lipinski definition) is 1. The molecule has 0 spiro atoms. The van der Waals surface area contributed by atoms with Crippen molar-refractivity contribution in [3.63, 3.8) is 0 Å². The third kappa shape index (κ3) is 6.88. The number of amides is 1. The van der Waals surface area contributed by atoms with E-state index >= 15 is 0 Å². The van der Waals surface area contributed by atoms with Crippen LogP contribution in [0.4, 0.5) is 11.4 Å². The topological polar surface area (TPSA) is 96.7 Å². The largest absolute Gasteiger partial charge is 0.370 e. The van der Waals surface area contributed by atoms with Gasteiger partial charge in [-0.25, -0.2) is 18.4 Å². The van der Waals surface area contributed by atoms with E-state index in [1.165, 1.54) is 6.20 Å². The van der Waals surface area contributed by atoms with Crippen molar-refractivity contribution >= 4 is 32.8 Å². The Labute approximate surface area is 237 Å². The molecular formula is C31H39N5O3S. The second kappa shape index (κ2) is 12.6. The summed E-state index contributed by atoms with van der Waals surface area (Å²) in [6.45, 7) is 9.94. The van der Waals surface area contributed by atoms with Crippen molar-refractivity contribution < 1.29 is 13.2 Å². The molecule has 4 aromatic rings. The number of pyridine rings is 2. The number of hydrogen-bond acceptors (Lipinski definition) is 6. The molecule has 1 unspecified atom stereocenters. The van der Waals surface area contributed by atoms with Crippen LogP contribution in [0.2, 0.25) is 0 Å². The molecule has 0 aliphatic carbocycles. The minimum Gasteiger partial charge on any atom is -0.370 e. The van der Waals surface area contributed by atoms with Gasteiger partial charge < -0.3 is 14.6 Å². The van der Waals surface area contributed by atoms with Crippen molar-refractivity contribution in [1.82, 2.24) is 14.4 Å². The highest BCUT2D eigenvalue weighted by molar-refractivity contribution is 7.90.